The summed E-state index contributed by atoms with van der Waals surface area (Å²) in [6, 6.07) is 10.9. The Morgan fingerprint density at radius 1 is 1.31 bits per heavy atom. The molecule has 1 amide bonds. The van der Waals surface area contributed by atoms with Gasteiger partial charge in [0.2, 0.25) is 0 Å². The number of aromatic nitrogens is 1. The Labute approximate surface area is 161 Å². The summed E-state index contributed by atoms with van der Waals surface area (Å²) in [7, 11) is 1.77. The third-order valence-corrected chi connectivity index (χ3v) is 5.23. The molecule has 0 atom stereocenters. The average Bonchev–Trinajstić information content (AvgIpc) is 3.18. The van der Waals surface area contributed by atoms with Gasteiger partial charge in [0, 0.05) is 17.5 Å². The molecule has 3 rings (SSSR count). The van der Waals surface area contributed by atoms with E-state index in [2.05, 4.69) is 5.16 Å². The van der Waals surface area contributed by atoms with Gasteiger partial charge in [0.15, 0.2) is 0 Å². The molecule has 7 heteroatoms. The minimum Gasteiger partial charge on any atom is -0.489 e. The Morgan fingerprint density at radius 3 is 2.77 bits per heavy atom. The van der Waals surface area contributed by atoms with Crippen molar-refractivity contribution in [1.82, 2.24) is 10.1 Å². The Bertz CT molecular complexity index is 900. The van der Waals surface area contributed by atoms with Gasteiger partial charge in [-0.2, -0.15) is 0 Å². The molecule has 1 aromatic carbocycles. The van der Waals surface area contributed by atoms with Crippen LogP contribution in [0.15, 0.2) is 40.9 Å². The van der Waals surface area contributed by atoms with Crippen LogP contribution in [0.2, 0.25) is 4.34 Å². The number of rotatable bonds is 6. The molecule has 136 valence electrons. The van der Waals surface area contributed by atoms with Crippen molar-refractivity contribution in [2.24, 2.45) is 0 Å². The first-order chi connectivity index (χ1) is 12.4. The lowest BCUT2D eigenvalue weighted by atomic mass is 10.2. The van der Waals surface area contributed by atoms with Gasteiger partial charge in [0.25, 0.3) is 5.91 Å². The van der Waals surface area contributed by atoms with Crippen LogP contribution in [-0.2, 0) is 13.2 Å². The highest BCUT2D eigenvalue weighted by molar-refractivity contribution is 7.16. The van der Waals surface area contributed by atoms with Crippen molar-refractivity contribution in [2.45, 2.75) is 27.0 Å². The molecule has 3 aromatic rings. The summed E-state index contributed by atoms with van der Waals surface area (Å²) in [5, 5.41) is 3.91. The monoisotopic (exact) mass is 390 g/mol. The summed E-state index contributed by atoms with van der Waals surface area (Å²) < 4.78 is 11.7. The maximum atomic E-state index is 12.7. The summed E-state index contributed by atoms with van der Waals surface area (Å²) in [6.45, 7) is 4.59. The number of carbonyl (C=O) groups is 1. The van der Waals surface area contributed by atoms with Crippen molar-refractivity contribution in [2.75, 3.05) is 7.05 Å². The Kier molecular flexibility index (Phi) is 5.64. The van der Waals surface area contributed by atoms with E-state index in [1.165, 1.54) is 11.3 Å². The Morgan fingerprint density at radius 2 is 2.12 bits per heavy atom. The van der Waals surface area contributed by atoms with Crippen LogP contribution in [-0.4, -0.2) is 23.0 Å². The molecule has 2 heterocycles. The SMILES string of the molecule is Cc1noc(C)c1COc1cccc(C(=O)N(C)Cc2ccc(Cl)s2)c1. The number of hydrogen-bond acceptors (Lipinski definition) is 5. The second-order valence-electron chi connectivity index (χ2n) is 5.99. The lowest BCUT2D eigenvalue weighted by Gasteiger charge is -2.17. The summed E-state index contributed by atoms with van der Waals surface area (Å²) in [4.78, 5) is 15.4. The molecule has 0 saturated heterocycles. The van der Waals surface area contributed by atoms with Crippen LogP contribution in [0, 0.1) is 13.8 Å². The van der Waals surface area contributed by atoms with Crippen LogP contribution in [0.5, 0.6) is 5.75 Å². The molecule has 0 spiro atoms. The van der Waals surface area contributed by atoms with E-state index in [9.17, 15) is 4.79 Å². The number of thiophene rings is 1. The number of hydrogen-bond donors (Lipinski definition) is 0. The number of benzene rings is 1. The summed E-state index contributed by atoms with van der Waals surface area (Å²) >= 11 is 7.42. The highest BCUT2D eigenvalue weighted by Gasteiger charge is 2.15. The van der Waals surface area contributed by atoms with Crippen molar-refractivity contribution in [1.29, 1.82) is 0 Å². The molecular formula is C19H19ClN2O3S. The molecule has 0 fully saturated rings. The van der Waals surface area contributed by atoms with Gasteiger partial charge in [-0.1, -0.05) is 22.8 Å². The van der Waals surface area contributed by atoms with E-state index in [0.717, 1.165) is 26.2 Å². The zero-order chi connectivity index (χ0) is 18.7. The molecule has 0 N–H and O–H groups in total. The van der Waals surface area contributed by atoms with Crippen LogP contribution in [0.1, 0.15) is 32.3 Å². The lowest BCUT2D eigenvalue weighted by molar-refractivity contribution is 0.0786. The van der Waals surface area contributed by atoms with Gasteiger partial charge in [-0.25, -0.2) is 0 Å². The summed E-state index contributed by atoms with van der Waals surface area (Å²) in [5.74, 6) is 1.30. The number of carbonyl (C=O) groups excluding carboxylic acids is 1. The molecule has 2 aromatic heterocycles. The lowest BCUT2D eigenvalue weighted by Crippen LogP contribution is -2.25. The van der Waals surface area contributed by atoms with E-state index in [0.29, 0.717) is 24.5 Å². The van der Waals surface area contributed by atoms with Gasteiger partial charge in [0.1, 0.15) is 18.1 Å². The third-order valence-electron chi connectivity index (χ3n) is 4.01. The smallest absolute Gasteiger partial charge is 0.254 e. The van der Waals surface area contributed by atoms with E-state index in [1.807, 2.05) is 38.1 Å². The van der Waals surface area contributed by atoms with Crippen LogP contribution in [0.4, 0.5) is 0 Å². The van der Waals surface area contributed by atoms with Gasteiger partial charge in [0.05, 0.1) is 22.1 Å². The topological polar surface area (TPSA) is 55.6 Å². The zero-order valence-electron chi connectivity index (χ0n) is 14.8. The van der Waals surface area contributed by atoms with Crippen LogP contribution < -0.4 is 4.74 Å². The first kappa shape index (κ1) is 18.5. The van der Waals surface area contributed by atoms with Gasteiger partial charge < -0.3 is 14.2 Å². The van der Waals surface area contributed by atoms with Crippen molar-refractivity contribution in [3.63, 3.8) is 0 Å². The van der Waals surface area contributed by atoms with Gasteiger partial charge in [-0.05, 0) is 44.2 Å². The van der Waals surface area contributed by atoms with Crippen LogP contribution in [0.3, 0.4) is 0 Å². The maximum absolute atomic E-state index is 12.7. The standard InChI is InChI=1S/C19H19ClN2O3S/c1-12-17(13(2)25-21-12)11-24-15-6-4-5-14(9-15)19(23)22(3)10-16-7-8-18(20)26-16/h4-9H,10-11H2,1-3H3. The number of aryl methyl sites for hydroxylation is 2. The third kappa shape index (κ3) is 4.26. The van der Waals surface area contributed by atoms with E-state index in [4.69, 9.17) is 20.9 Å². The molecular weight excluding hydrogens is 372 g/mol. The van der Waals surface area contributed by atoms with Crippen molar-refractivity contribution in [3.8, 4) is 5.75 Å². The van der Waals surface area contributed by atoms with Crippen molar-refractivity contribution >= 4 is 28.8 Å². The highest BCUT2D eigenvalue weighted by atomic mass is 35.5. The normalized spacial score (nSPS) is 10.8. The summed E-state index contributed by atoms with van der Waals surface area (Å²) in [6.07, 6.45) is 0. The summed E-state index contributed by atoms with van der Waals surface area (Å²) in [5.41, 5.74) is 2.31. The molecule has 0 aliphatic heterocycles. The van der Waals surface area contributed by atoms with E-state index in [-0.39, 0.29) is 5.91 Å². The number of ether oxygens (including phenoxy) is 1. The predicted octanol–water partition coefficient (Wildman–Crippen LogP) is 4.86. The van der Waals surface area contributed by atoms with Gasteiger partial charge >= 0.3 is 0 Å². The first-order valence-corrected chi connectivity index (χ1v) is 9.28. The van der Waals surface area contributed by atoms with Crippen LogP contribution >= 0.6 is 22.9 Å². The zero-order valence-corrected chi connectivity index (χ0v) is 16.4. The largest absolute Gasteiger partial charge is 0.489 e. The molecule has 0 aliphatic rings. The fourth-order valence-electron chi connectivity index (χ4n) is 2.55. The minimum absolute atomic E-state index is 0.0719. The second-order valence-corrected chi connectivity index (χ2v) is 7.79. The van der Waals surface area contributed by atoms with Gasteiger partial charge in [-0.3, -0.25) is 4.79 Å². The number of halogens is 1. The molecule has 26 heavy (non-hydrogen) atoms. The molecule has 0 radical (unpaired) electrons. The van der Waals surface area contributed by atoms with E-state index < -0.39 is 0 Å². The molecule has 0 unspecified atom stereocenters. The van der Waals surface area contributed by atoms with Gasteiger partial charge in [-0.15, -0.1) is 11.3 Å². The fraction of sp³-hybridized carbons (Fsp3) is 0.263. The number of amides is 1. The van der Waals surface area contributed by atoms with Crippen LogP contribution in [0.25, 0.3) is 0 Å². The second kappa shape index (κ2) is 7.93. The first-order valence-electron chi connectivity index (χ1n) is 8.08. The van der Waals surface area contributed by atoms with E-state index >= 15 is 0 Å². The molecule has 0 aliphatic carbocycles. The van der Waals surface area contributed by atoms with Crippen molar-refractivity contribution < 1.29 is 14.1 Å². The Hall–Kier alpha value is -2.31. The predicted molar refractivity (Wildman–Crippen MR) is 102 cm³/mol. The minimum atomic E-state index is -0.0719. The number of nitrogens with zero attached hydrogens (tertiary/aromatic N) is 2. The average molecular weight is 391 g/mol. The van der Waals surface area contributed by atoms with Crippen molar-refractivity contribution in [3.05, 3.63) is 68.2 Å². The maximum Gasteiger partial charge on any atom is 0.254 e. The molecule has 0 bridgehead atoms. The molecule has 0 saturated carbocycles. The Balaban J connectivity index is 1.67. The highest BCUT2D eigenvalue weighted by Crippen LogP contribution is 2.23. The quantitative estimate of drug-likeness (QED) is 0.603. The fourth-order valence-corrected chi connectivity index (χ4v) is 3.69. The van der Waals surface area contributed by atoms with E-state index in [1.54, 1.807) is 24.1 Å². The molecule has 5 nitrogen and oxygen atoms in total.